The third kappa shape index (κ3) is 2.04. The van der Waals surface area contributed by atoms with Crippen LogP contribution in [-0.2, 0) is 0 Å². The van der Waals surface area contributed by atoms with Crippen molar-refractivity contribution < 1.29 is 14.7 Å². The molecule has 3 rings (SSSR count). The Kier molecular flexibility index (Phi) is 2.97. The van der Waals surface area contributed by atoms with Crippen molar-refractivity contribution >= 4 is 24.0 Å². The number of nitrogens with zero attached hydrogens (tertiary/aromatic N) is 5. The first kappa shape index (κ1) is 12.4. The summed E-state index contributed by atoms with van der Waals surface area (Å²) in [5.74, 6) is 0.674. The number of anilines is 1. The Morgan fingerprint density at radius 1 is 1.30 bits per heavy atom. The van der Waals surface area contributed by atoms with Crippen LogP contribution in [-0.4, -0.2) is 62.9 Å². The van der Waals surface area contributed by atoms with E-state index >= 15 is 0 Å². The molecule has 8 nitrogen and oxygen atoms in total. The molecule has 1 aliphatic heterocycles. The van der Waals surface area contributed by atoms with Crippen molar-refractivity contribution in [2.24, 2.45) is 0 Å². The molecule has 8 heteroatoms. The topological polar surface area (TPSA) is 91.0 Å². The molecule has 1 saturated heterocycles. The molecule has 0 atom stereocenters. The summed E-state index contributed by atoms with van der Waals surface area (Å²) in [7, 11) is 0. The number of piperazine rings is 1. The van der Waals surface area contributed by atoms with Gasteiger partial charge in [0.15, 0.2) is 6.29 Å². The molecule has 20 heavy (non-hydrogen) atoms. The molecule has 1 amide bonds. The third-order valence-corrected chi connectivity index (χ3v) is 3.33. The maximum Gasteiger partial charge on any atom is 0.407 e. The summed E-state index contributed by atoms with van der Waals surface area (Å²) >= 11 is 0. The Balaban J connectivity index is 1.89. The Bertz CT molecular complexity index is 660. The van der Waals surface area contributed by atoms with Crippen LogP contribution < -0.4 is 4.90 Å². The first-order valence-corrected chi connectivity index (χ1v) is 6.21. The molecule has 0 aliphatic carbocycles. The number of fused-ring (bicyclic) bond motifs is 1. The summed E-state index contributed by atoms with van der Waals surface area (Å²) in [4.78, 5) is 33.5. The van der Waals surface area contributed by atoms with E-state index in [0.717, 1.165) is 0 Å². The van der Waals surface area contributed by atoms with Gasteiger partial charge >= 0.3 is 6.09 Å². The number of carbonyl (C=O) groups excluding carboxylic acids is 1. The van der Waals surface area contributed by atoms with E-state index in [1.54, 1.807) is 22.9 Å². The van der Waals surface area contributed by atoms with Crippen LogP contribution >= 0.6 is 0 Å². The lowest BCUT2D eigenvalue weighted by atomic mass is 10.3. The Morgan fingerprint density at radius 2 is 2.05 bits per heavy atom. The van der Waals surface area contributed by atoms with Gasteiger partial charge in [0.1, 0.15) is 11.3 Å². The monoisotopic (exact) mass is 275 g/mol. The fraction of sp³-hybridized carbons (Fsp3) is 0.333. The Labute approximate surface area is 114 Å². The van der Waals surface area contributed by atoms with Crippen LogP contribution in [0.15, 0.2) is 18.5 Å². The van der Waals surface area contributed by atoms with E-state index in [4.69, 9.17) is 5.11 Å². The molecule has 1 fully saturated rings. The maximum absolute atomic E-state index is 10.9. The minimum absolute atomic E-state index is 0.350. The van der Waals surface area contributed by atoms with Gasteiger partial charge in [0.25, 0.3) is 0 Å². The molecule has 1 aliphatic rings. The summed E-state index contributed by atoms with van der Waals surface area (Å²) in [5.41, 5.74) is 1.00. The fourth-order valence-corrected chi connectivity index (χ4v) is 2.31. The molecule has 0 saturated carbocycles. The number of amides is 1. The van der Waals surface area contributed by atoms with Crippen molar-refractivity contribution in [2.75, 3.05) is 31.1 Å². The number of hydrogen-bond acceptors (Lipinski definition) is 5. The van der Waals surface area contributed by atoms with Crippen LogP contribution in [0.5, 0.6) is 0 Å². The highest BCUT2D eigenvalue weighted by atomic mass is 16.4. The predicted molar refractivity (Wildman–Crippen MR) is 70.2 cm³/mol. The van der Waals surface area contributed by atoms with Crippen LogP contribution in [0.3, 0.4) is 0 Å². The smallest absolute Gasteiger partial charge is 0.407 e. The quantitative estimate of drug-likeness (QED) is 0.795. The van der Waals surface area contributed by atoms with Gasteiger partial charge in [-0.25, -0.2) is 14.8 Å². The third-order valence-electron chi connectivity index (χ3n) is 3.33. The summed E-state index contributed by atoms with van der Waals surface area (Å²) < 4.78 is 1.75. The van der Waals surface area contributed by atoms with Gasteiger partial charge in [0, 0.05) is 38.6 Å². The second-order valence-corrected chi connectivity index (χ2v) is 4.51. The molecule has 0 spiro atoms. The van der Waals surface area contributed by atoms with E-state index < -0.39 is 6.09 Å². The second-order valence-electron chi connectivity index (χ2n) is 4.51. The lowest BCUT2D eigenvalue weighted by Crippen LogP contribution is -2.49. The molecule has 2 aromatic heterocycles. The lowest BCUT2D eigenvalue weighted by molar-refractivity contribution is 0.111. The molecule has 0 aromatic carbocycles. The van der Waals surface area contributed by atoms with Gasteiger partial charge in [-0.05, 0) is 6.07 Å². The van der Waals surface area contributed by atoms with E-state index in [9.17, 15) is 9.59 Å². The zero-order valence-corrected chi connectivity index (χ0v) is 10.6. The van der Waals surface area contributed by atoms with E-state index in [1.165, 1.54) is 4.90 Å². The normalized spacial score (nSPS) is 15.6. The van der Waals surface area contributed by atoms with Crippen LogP contribution in [0.25, 0.3) is 5.65 Å². The minimum Gasteiger partial charge on any atom is -0.465 e. The van der Waals surface area contributed by atoms with Crippen molar-refractivity contribution in [3.05, 3.63) is 24.2 Å². The highest BCUT2D eigenvalue weighted by molar-refractivity contribution is 5.73. The molecule has 0 radical (unpaired) electrons. The number of carbonyl (C=O) groups is 2. The van der Waals surface area contributed by atoms with Gasteiger partial charge < -0.3 is 14.9 Å². The first-order valence-electron chi connectivity index (χ1n) is 6.21. The number of aldehydes is 1. The average molecular weight is 275 g/mol. The summed E-state index contributed by atoms with van der Waals surface area (Å²) in [6.07, 6.45) is 3.06. The van der Waals surface area contributed by atoms with Crippen molar-refractivity contribution in [1.82, 2.24) is 19.3 Å². The molecule has 0 bridgehead atoms. The maximum atomic E-state index is 10.9. The Hall–Kier alpha value is -2.64. The van der Waals surface area contributed by atoms with Crippen LogP contribution in [0.1, 0.15) is 10.5 Å². The van der Waals surface area contributed by atoms with Gasteiger partial charge in [-0.15, -0.1) is 0 Å². The average Bonchev–Trinajstić information content (AvgIpc) is 2.90. The fourth-order valence-electron chi connectivity index (χ4n) is 2.31. The molecule has 0 unspecified atom stereocenters. The summed E-state index contributed by atoms with van der Waals surface area (Å²) in [6.45, 7) is 1.99. The molecular weight excluding hydrogens is 262 g/mol. The zero-order valence-electron chi connectivity index (χ0n) is 10.6. The van der Waals surface area contributed by atoms with E-state index in [2.05, 4.69) is 9.97 Å². The first-order chi connectivity index (χ1) is 9.69. The zero-order chi connectivity index (χ0) is 14.1. The number of aromatic nitrogens is 3. The van der Waals surface area contributed by atoms with Crippen LogP contribution in [0.4, 0.5) is 10.7 Å². The van der Waals surface area contributed by atoms with Crippen LogP contribution in [0, 0.1) is 0 Å². The van der Waals surface area contributed by atoms with Gasteiger partial charge in [-0.2, -0.15) is 0 Å². The summed E-state index contributed by atoms with van der Waals surface area (Å²) in [5, 5.41) is 8.94. The second kappa shape index (κ2) is 4.80. The van der Waals surface area contributed by atoms with E-state index in [-0.39, 0.29) is 0 Å². The minimum atomic E-state index is -0.901. The molecular formula is C12H13N5O3. The number of carboxylic acid groups (broad SMARTS) is 1. The molecule has 2 aromatic rings. The highest BCUT2D eigenvalue weighted by Crippen LogP contribution is 2.16. The molecule has 3 heterocycles. The summed E-state index contributed by atoms with van der Waals surface area (Å²) in [6, 6.07) is 1.73. The van der Waals surface area contributed by atoms with Crippen molar-refractivity contribution in [3.63, 3.8) is 0 Å². The molecule has 104 valence electrons. The van der Waals surface area contributed by atoms with E-state index in [0.29, 0.717) is 49.8 Å². The SMILES string of the molecule is O=Cc1cn2c(N3CCN(C(=O)O)CC3)nccc2n1. The van der Waals surface area contributed by atoms with Crippen molar-refractivity contribution in [3.8, 4) is 0 Å². The van der Waals surface area contributed by atoms with Gasteiger partial charge in [-0.1, -0.05) is 0 Å². The van der Waals surface area contributed by atoms with E-state index in [1.807, 2.05) is 4.90 Å². The number of hydrogen-bond donors (Lipinski definition) is 1. The lowest BCUT2D eigenvalue weighted by Gasteiger charge is -2.33. The standard InChI is InChI=1S/C12H13N5O3/c18-8-9-7-17-10(14-9)1-2-13-11(17)15-3-5-16(6-4-15)12(19)20/h1-2,7-8H,3-6H2,(H,19,20). The highest BCUT2D eigenvalue weighted by Gasteiger charge is 2.22. The van der Waals surface area contributed by atoms with Gasteiger partial charge in [0.2, 0.25) is 5.95 Å². The predicted octanol–water partition coefficient (Wildman–Crippen LogP) is 0.342. The van der Waals surface area contributed by atoms with Gasteiger partial charge in [0.05, 0.1) is 0 Å². The largest absolute Gasteiger partial charge is 0.465 e. The van der Waals surface area contributed by atoms with Crippen molar-refractivity contribution in [1.29, 1.82) is 0 Å². The number of imidazole rings is 1. The van der Waals surface area contributed by atoms with Crippen molar-refractivity contribution in [2.45, 2.75) is 0 Å². The number of rotatable bonds is 2. The van der Waals surface area contributed by atoms with Gasteiger partial charge in [-0.3, -0.25) is 9.20 Å². The van der Waals surface area contributed by atoms with Crippen LogP contribution in [0.2, 0.25) is 0 Å². The molecule has 1 N–H and O–H groups in total. The Morgan fingerprint density at radius 3 is 2.70 bits per heavy atom.